The van der Waals surface area contributed by atoms with Crippen molar-refractivity contribution >= 4 is 28.2 Å². The molecule has 0 aliphatic carbocycles. The lowest BCUT2D eigenvalue weighted by Crippen LogP contribution is -2.03. The summed E-state index contributed by atoms with van der Waals surface area (Å²) < 4.78 is 5.59. The van der Waals surface area contributed by atoms with Crippen LogP contribution in [0.4, 0.5) is 5.82 Å². The van der Waals surface area contributed by atoms with E-state index in [1.54, 1.807) is 11.3 Å². The number of fused-ring (bicyclic) bond motifs is 1. The Morgan fingerprint density at radius 1 is 1.35 bits per heavy atom. The number of nitrogens with two attached hydrogens (primary N) is 2. The number of nitrogens with zero attached hydrogens (tertiary/aromatic N) is 3. The summed E-state index contributed by atoms with van der Waals surface area (Å²) in [6.45, 7) is 3.16. The Bertz CT molecular complexity index is 796. The molecule has 3 rings (SSSR count). The van der Waals surface area contributed by atoms with Crippen LogP contribution in [0, 0.1) is 0 Å². The van der Waals surface area contributed by atoms with Gasteiger partial charge in [0.25, 0.3) is 0 Å². The molecule has 0 spiro atoms. The maximum atomic E-state index is 6.00. The number of anilines is 1. The normalized spacial score (nSPS) is 11.2. The minimum absolute atomic E-state index is 0.330. The summed E-state index contributed by atoms with van der Waals surface area (Å²) in [5.41, 5.74) is 14.2. The standard InChI is InChI=1S/C15H20N6OS/c1-2-3-4-22-15-20-12-9(7-19-13(12)14(17)21-15)5-10-8-18-11(6-16)23-10/h7-8,19H,2-6,16H2,1H3,(H2,17,20,21). The quantitative estimate of drug-likeness (QED) is 0.571. The highest BCUT2D eigenvalue weighted by Crippen LogP contribution is 2.26. The van der Waals surface area contributed by atoms with Gasteiger partial charge in [0.1, 0.15) is 16.0 Å². The number of thiazole rings is 1. The zero-order valence-electron chi connectivity index (χ0n) is 13.0. The molecule has 0 aromatic carbocycles. The first-order chi connectivity index (χ1) is 11.2. The fourth-order valence-electron chi connectivity index (χ4n) is 2.28. The second kappa shape index (κ2) is 6.93. The molecule has 0 aliphatic rings. The Labute approximate surface area is 138 Å². The van der Waals surface area contributed by atoms with Gasteiger partial charge in [-0.2, -0.15) is 9.97 Å². The first-order valence-corrected chi connectivity index (χ1v) is 8.42. The molecule has 23 heavy (non-hydrogen) atoms. The van der Waals surface area contributed by atoms with Crippen molar-refractivity contribution in [2.24, 2.45) is 5.73 Å². The van der Waals surface area contributed by atoms with Gasteiger partial charge in [-0.3, -0.25) is 0 Å². The number of nitrogen functional groups attached to an aromatic ring is 1. The smallest absolute Gasteiger partial charge is 0.319 e. The van der Waals surface area contributed by atoms with Crippen LogP contribution in [-0.4, -0.2) is 26.5 Å². The van der Waals surface area contributed by atoms with E-state index in [0.29, 0.717) is 25.0 Å². The van der Waals surface area contributed by atoms with Gasteiger partial charge in [0, 0.05) is 35.8 Å². The van der Waals surface area contributed by atoms with Gasteiger partial charge in [-0.1, -0.05) is 13.3 Å². The lowest BCUT2D eigenvalue weighted by Gasteiger charge is -2.05. The number of nitrogens with one attached hydrogen (secondary N) is 1. The van der Waals surface area contributed by atoms with Gasteiger partial charge in [0.15, 0.2) is 5.82 Å². The van der Waals surface area contributed by atoms with E-state index >= 15 is 0 Å². The Hall–Kier alpha value is -2.19. The summed E-state index contributed by atoms with van der Waals surface area (Å²) in [4.78, 5) is 17.3. The fraction of sp³-hybridized carbons (Fsp3) is 0.400. The van der Waals surface area contributed by atoms with Crippen LogP contribution < -0.4 is 16.2 Å². The van der Waals surface area contributed by atoms with Crippen molar-refractivity contribution in [1.82, 2.24) is 19.9 Å². The van der Waals surface area contributed by atoms with Gasteiger partial charge in [0.05, 0.1) is 6.61 Å². The van der Waals surface area contributed by atoms with Crippen LogP contribution in [0.15, 0.2) is 12.4 Å². The van der Waals surface area contributed by atoms with E-state index < -0.39 is 0 Å². The summed E-state index contributed by atoms with van der Waals surface area (Å²) in [6.07, 6.45) is 6.51. The topological polar surface area (TPSA) is 116 Å². The molecule has 3 heterocycles. The van der Waals surface area contributed by atoms with E-state index in [-0.39, 0.29) is 0 Å². The van der Waals surface area contributed by atoms with E-state index in [2.05, 4.69) is 26.9 Å². The zero-order chi connectivity index (χ0) is 16.2. The number of aromatic amines is 1. The molecule has 3 aromatic rings. The van der Waals surface area contributed by atoms with Crippen molar-refractivity contribution in [3.63, 3.8) is 0 Å². The first kappa shape index (κ1) is 15.7. The monoisotopic (exact) mass is 332 g/mol. The molecule has 0 aliphatic heterocycles. The third kappa shape index (κ3) is 3.43. The Morgan fingerprint density at radius 2 is 2.22 bits per heavy atom. The van der Waals surface area contributed by atoms with Gasteiger partial charge in [-0.15, -0.1) is 11.3 Å². The van der Waals surface area contributed by atoms with Crippen LogP contribution in [0.1, 0.15) is 35.2 Å². The molecule has 8 heteroatoms. The molecule has 0 amide bonds. The summed E-state index contributed by atoms with van der Waals surface area (Å²) in [5, 5.41) is 0.928. The molecular weight excluding hydrogens is 312 g/mol. The van der Waals surface area contributed by atoms with Crippen LogP contribution in [0.25, 0.3) is 11.0 Å². The molecule has 0 unspecified atom stereocenters. The van der Waals surface area contributed by atoms with Crippen molar-refractivity contribution in [2.75, 3.05) is 12.3 Å². The third-order valence-electron chi connectivity index (χ3n) is 3.48. The molecule has 0 atom stereocenters. The minimum Gasteiger partial charge on any atom is -0.463 e. The van der Waals surface area contributed by atoms with E-state index in [4.69, 9.17) is 16.2 Å². The van der Waals surface area contributed by atoms with Gasteiger partial charge < -0.3 is 21.2 Å². The summed E-state index contributed by atoms with van der Waals surface area (Å²) >= 11 is 1.61. The second-order valence-electron chi connectivity index (χ2n) is 5.23. The molecule has 0 radical (unpaired) electrons. The Kier molecular flexibility index (Phi) is 4.73. The van der Waals surface area contributed by atoms with E-state index in [0.717, 1.165) is 45.7 Å². The largest absolute Gasteiger partial charge is 0.463 e. The maximum absolute atomic E-state index is 6.00. The predicted octanol–water partition coefficient (Wildman–Crippen LogP) is 2.23. The number of ether oxygens (including phenoxy) is 1. The summed E-state index contributed by atoms with van der Waals surface area (Å²) in [7, 11) is 0. The fourth-order valence-corrected chi connectivity index (χ4v) is 3.10. The van der Waals surface area contributed by atoms with Crippen molar-refractivity contribution in [3.05, 3.63) is 27.8 Å². The van der Waals surface area contributed by atoms with E-state index in [1.807, 2.05) is 12.4 Å². The Morgan fingerprint density at radius 3 is 2.96 bits per heavy atom. The van der Waals surface area contributed by atoms with Gasteiger partial charge in [-0.25, -0.2) is 4.98 Å². The molecule has 3 aromatic heterocycles. The molecular formula is C15H20N6OS. The van der Waals surface area contributed by atoms with Crippen LogP contribution in [0.2, 0.25) is 0 Å². The third-order valence-corrected chi connectivity index (χ3v) is 4.50. The van der Waals surface area contributed by atoms with Gasteiger partial charge in [-0.05, 0) is 6.42 Å². The number of H-pyrrole nitrogens is 1. The lowest BCUT2D eigenvalue weighted by atomic mass is 10.2. The number of rotatable bonds is 7. The maximum Gasteiger partial charge on any atom is 0.319 e. The molecule has 7 nitrogen and oxygen atoms in total. The molecule has 0 bridgehead atoms. The molecule has 0 fully saturated rings. The second-order valence-corrected chi connectivity index (χ2v) is 6.43. The average Bonchev–Trinajstić information content (AvgIpc) is 3.16. The molecule has 122 valence electrons. The van der Waals surface area contributed by atoms with Gasteiger partial charge >= 0.3 is 6.01 Å². The molecule has 5 N–H and O–H groups in total. The first-order valence-electron chi connectivity index (χ1n) is 7.61. The lowest BCUT2D eigenvalue weighted by molar-refractivity contribution is 0.287. The van der Waals surface area contributed by atoms with Crippen LogP contribution in [0.3, 0.4) is 0 Å². The van der Waals surface area contributed by atoms with E-state index in [9.17, 15) is 0 Å². The van der Waals surface area contributed by atoms with Crippen LogP contribution >= 0.6 is 11.3 Å². The van der Waals surface area contributed by atoms with Crippen molar-refractivity contribution in [3.8, 4) is 6.01 Å². The number of unbranched alkanes of at least 4 members (excludes halogenated alkanes) is 1. The van der Waals surface area contributed by atoms with E-state index in [1.165, 1.54) is 0 Å². The predicted molar refractivity (Wildman–Crippen MR) is 91.5 cm³/mol. The molecule has 0 saturated carbocycles. The number of hydrogen-bond donors (Lipinski definition) is 3. The number of hydrogen-bond acceptors (Lipinski definition) is 7. The Balaban J connectivity index is 1.88. The average molecular weight is 332 g/mol. The van der Waals surface area contributed by atoms with Crippen molar-refractivity contribution in [2.45, 2.75) is 32.7 Å². The van der Waals surface area contributed by atoms with Crippen LogP contribution in [-0.2, 0) is 13.0 Å². The van der Waals surface area contributed by atoms with Crippen LogP contribution in [0.5, 0.6) is 6.01 Å². The highest BCUT2D eigenvalue weighted by atomic mass is 32.1. The summed E-state index contributed by atoms with van der Waals surface area (Å²) in [5.74, 6) is 0.403. The highest BCUT2D eigenvalue weighted by Gasteiger charge is 2.13. The van der Waals surface area contributed by atoms with Gasteiger partial charge in [0.2, 0.25) is 0 Å². The minimum atomic E-state index is 0.330. The highest BCUT2D eigenvalue weighted by molar-refractivity contribution is 7.11. The summed E-state index contributed by atoms with van der Waals surface area (Å²) in [6, 6.07) is 0.330. The van der Waals surface area contributed by atoms with Crippen molar-refractivity contribution < 1.29 is 4.74 Å². The number of aromatic nitrogens is 4. The van der Waals surface area contributed by atoms with Crippen molar-refractivity contribution in [1.29, 1.82) is 0 Å². The zero-order valence-corrected chi connectivity index (χ0v) is 13.8. The SMILES string of the molecule is CCCCOc1nc(N)c2[nH]cc(Cc3cnc(CN)s3)c2n1. The molecule has 0 saturated heterocycles.